The largest absolute Gasteiger partial charge is 0.356 e. The molecular weight excluding hydrogens is 200 g/mol. The molecule has 0 aliphatic carbocycles. The maximum Gasteiger partial charge on any atom is 0.223 e. The lowest BCUT2D eigenvalue weighted by molar-refractivity contribution is -0.125. The van der Waals surface area contributed by atoms with Gasteiger partial charge in [0.1, 0.15) is 0 Å². The molecule has 3 heteroatoms. The fraction of sp³-hybridized carbons (Fsp3) is 0.923. The van der Waals surface area contributed by atoms with Gasteiger partial charge in [-0.05, 0) is 44.2 Å². The molecular formula is C13H26N2O. The second-order valence-electron chi connectivity index (χ2n) is 5.32. The van der Waals surface area contributed by atoms with Gasteiger partial charge in [0.25, 0.3) is 0 Å². The van der Waals surface area contributed by atoms with E-state index in [-0.39, 0.29) is 11.8 Å². The highest BCUT2D eigenvalue weighted by atomic mass is 16.1. The van der Waals surface area contributed by atoms with E-state index in [1.54, 1.807) is 0 Å². The van der Waals surface area contributed by atoms with E-state index in [9.17, 15) is 4.79 Å². The van der Waals surface area contributed by atoms with Crippen molar-refractivity contribution in [3.63, 3.8) is 0 Å². The molecule has 1 aliphatic rings. The Hall–Kier alpha value is -0.570. The number of carbonyl (C=O) groups excluding carboxylic acids is 1. The van der Waals surface area contributed by atoms with Crippen molar-refractivity contribution in [1.29, 1.82) is 0 Å². The summed E-state index contributed by atoms with van der Waals surface area (Å²) in [6.45, 7) is 9.30. The number of rotatable bonds is 5. The quantitative estimate of drug-likeness (QED) is 0.750. The van der Waals surface area contributed by atoms with Crippen molar-refractivity contribution in [2.24, 2.45) is 17.8 Å². The van der Waals surface area contributed by atoms with E-state index in [0.29, 0.717) is 5.92 Å². The predicted molar refractivity (Wildman–Crippen MR) is 67.2 cm³/mol. The van der Waals surface area contributed by atoms with E-state index in [0.717, 1.165) is 32.0 Å². The summed E-state index contributed by atoms with van der Waals surface area (Å²) in [4.78, 5) is 11.7. The molecule has 3 nitrogen and oxygen atoms in total. The first-order chi connectivity index (χ1) is 7.61. The van der Waals surface area contributed by atoms with Crippen molar-refractivity contribution >= 4 is 5.91 Å². The Morgan fingerprint density at radius 2 is 2.19 bits per heavy atom. The minimum atomic E-state index is 0.129. The maximum absolute atomic E-state index is 11.7. The number of hydrogen-bond donors (Lipinski definition) is 2. The second-order valence-corrected chi connectivity index (χ2v) is 5.32. The van der Waals surface area contributed by atoms with Crippen LogP contribution in [0.25, 0.3) is 0 Å². The van der Waals surface area contributed by atoms with Crippen LogP contribution in [0.1, 0.15) is 40.0 Å². The van der Waals surface area contributed by atoms with Crippen LogP contribution in [-0.2, 0) is 4.79 Å². The molecule has 1 saturated heterocycles. The fourth-order valence-corrected chi connectivity index (χ4v) is 2.03. The Bertz CT molecular complexity index is 210. The summed E-state index contributed by atoms with van der Waals surface area (Å²) in [5.74, 6) is 1.52. The van der Waals surface area contributed by atoms with E-state index < -0.39 is 0 Å². The second kappa shape index (κ2) is 6.89. The maximum atomic E-state index is 11.7. The lowest BCUT2D eigenvalue weighted by Crippen LogP contribution is -2.35. The van der Waals surface area contributed by atoms with Gasteiger partial charge in [0, 0.05) is 12.5 Å². The summed E-state index contributed by atoms with van der Waals surface area (Å²) in [6.07, 6.45) is 3.70. The van der Waals surface area contributed by atoms with Crippen molar-refractivity contribution in [1.82, 2.24) is 10.6 Å². The standard InChI is InChI=1S/C13H26N2O/c1-10(2)11(3)13(16)15-8-6-12-5-4-7-14-9-12/h10-12,14H,4-9H2,1-3H3,(H,15,16). The third-order valence-electron chi connectivity index (χ3n) is 3.66. The zero-order valence-corrected chi connectivity index (χ0v) is 10.9. The lowest BCUT2D eigenvalue weighted by Gasteiger charge is -2.23. The van der Waals surface area contributed by atoms with Gasteiger partial charge >= 0.3 is 0 Å². The molecule has 2 N–H and O–H groups in total. The van der Waals surface area contributed by atoms with Crippen LogP contribution in [0.3, 0.4) is 0 Å². The molecule has 1 heterocycles. The number of hydrogen-bond acceptors (Lipinski definition) is 2. The Balaban J connectivity index is 2.12. The van der Waals surface area contributed by atoms with Crippen LogP contribution in [0.2, 0.25) is 0 Å². The molecule has 0 radical (unpaired) electrons. The van der Waals surface area contributed by atoms with E-state index in [2.05, 4.69) is 24.5 Å². The highest BCUT2D eigenvalue weighted by Crippen LogP contribution is 2.13. The summed E-state index contributed by atoms with van der Waals surface area (Å²) in [5.41, 5.74) is 0. The molecule has 0 bridgehead atoms. The van der Waals surface area contributed by atoms with Gasteiger partial charge in [-0.15, -0.1) is 0 Å². The van der Waals surface area contributed by atoms with E-state index in [1.807, 2.05) is 6.92 Å². The van der Waals surface area contributed by atoms with Gasteiger partial charge in [0.05, 0.1) is 0 Å². The van der Waals surface area contributed by atoms with Gasteiger partial charge < -0.3 is 10.6 Å². The van der Waals surface area contributed by atoms with Crippen molar-refractivity contribution in [3.05, 3.63) is 0 Å². The first kappa shape index (κ1) is 13.5. The zero-order chi connectivity index (χ0) is 12.0. The summed E-state index contributed by atoms with van der Waals surface area (Å²) >= 11 is 0. The summed E-state index contributed by atoms with van der Waals surface area (Å²) < 4.78 is 0. The Morgan fingerprint density at radius 3 is 2.75 bits per heavy atom. The number of carbonyl (C=O) groups is 1. The van der Waals surface area contributed by atoms with Gasteiger partial charge in [-0.25, -0.2) is 0 Å². The summed E-state index contributed by atoms with van der Waals surface area (Å²) in [6, 6.07) is 0. The number of nitrogens with one attached hydrogen (secondary N) is 2. The predicted octanol–water partition coefficient (Wildman–Crippen LogP) is 1.78. The number of amides is 1. The molecule has 1 amide bonds. The minimum Gasteiger partial charge on any atom is -0.356 e. The molecule has 2 unspecified atom stereocenters. The van der Waals surface area contributed by atoms with E-state index >= 15 is 0 Å². The Kier molecular flexibility index (Phi) is 5.81. The van der Waals surface area contributed by atoms with E-state index in [1.165, 1.54) is 12.8 Å². The molecule has 0 aromatic carbocycles. The highest BCUT2D eigenvalue weighted by Gasteiger charge is 2.17. The molecule has 0 aromatic rings. The fourth-order valence-electron chi connectivity index (χ4n) is 2.03. The normalized spacial score (nSPS) is 23.1. The van der Waals surface area contributed by atoms with Crippen LogP contribution in [0.5, 0.6) is 0 Å². The van der Waals surface area contributed by atoms with Crippen molar-refractivity contribution in [2.75, 3.05) is 19.6 Å². The van der Waals surface area contributed by atoms with Crippen molar-refractivity contribution in [2.45, 2.75) is 40.0 Å². The molecule has 1 fully saturated rings. The van der Waals surface area contributed by atoms with Gasteiger partial charge in [-0.3, -0.25) is 4.79 Å². The third kappa shape index (κ3) is 4.52. The Labute approximate surface area is 99.4 Å². The van der Waals surface area contributed by atoms with Gasteiger partial charge in [-0.2, -0.15) is 0 Å². The lowest BCUT2D eigenvalue weighted by atomic mass is 9.95. The van der Waals surface area contributed by atoms with Crippen LogP contribution >= 0.6 is 0 Å². The topological polar surface area (TPSA) is 41.1 Å². The molecule has 2 atom stereocenters. The summed E-state index contributed by atoms with van der Waals surface area (Å²) in [5, 5.41) is 6.45. The average molecular weight is 226 g/mol. The molecule has 0 aromatic heterocycles. The summed E-state index contributed by atoms with van der Waals surface area (Å²) in [7, 11) is 0. The van der Waals surface area contributed by atoms with E-state index in [4.69, 9.17) is 0 Å². The molecule has 16 heavy (non-hydrogen) atoms. The van der Waals surface area contributed by atoms with Gasteiger partial charge in [0.2, 0.25) is 5.91 Å². The van der Waals surface area contributed by atoms with Gasteiger partial charge in [-0.1, -0.05) is 20.8 Å². The zero-order valence-electron chi connectivity index (χ0n) is 10.9. The van der Waals surface area contributed by atoms with Gasteiger partial charge in [0.15, 0.2) is 0 Å². The monoisotopic (exact) mass is 226 g/mol. The highest BCUT2D eigenvalue weighted by molar-refractivity contribution is 5.78. The van der Waals surface area contributed by atoms with Crippen LogP contribution in [0, 0.1) is 17.8 Å². The van der Waals surface area contributed by atoms with Crippen molar-refractivity contribution < 1.29 is 4.79 Å². The number of piperidine rings is 1. The minimum absolute atomic E-state index is 0.129. The average Bonchev–Trinajstić information content (AvgIpc) is 2.29. The van der Waals surface area contributed by atoms with Crippen molar-refractivity contribution in [3.8, 4) is 0 Å². The molecule has 94 valence electrons. The third-order valence-corrected chi connectivity index (χ3v) is 3.66. The van der Waals surface area contributed by atoms with Crippen LogP contribution in [0.15, 0.2) is 0 Å². The molecule has 1 rings (SSSR count). The first-order valence-electron chi connectivity index (χ1n) is 6.59. The van der Waals surface area contributed by atoms with Crippen LogP contribution in [-0.4, -0.2) is 25.5 Å². The Morgan fingerprint density at radius 1 is 1.44 bits per heavy atom. The molecule has 1 aliphatic heterocycles. The van der Waals surface area contributed by atoms with Crippen LogP contribution < -0.4 is 10.6 Å². The first-order valence-corrected chi connectivity index (χ1v) is 6.59. The molecule has 0 spiro atoms. The smallest absolute Gasteiger partial charge is 0.223 e. The van der Waals surface area contributed by atoms with Crippen LogP contribution in [0.4, 0.5) is 0 Å². The SMILES string of the molecule is CC(C)C(C)C(=O)NCCC1CCCNC1. The molecule has 0 saturated carbocycles.